The Hall–Kier alpha value is -2.87. The van der Waals surface area contributed by atoms with Gasteiger partial charge >= 0.3 is 6.09 Å². The van der Waals surface area contributed by atoms with Gasteiger partial charge in [-0.1, -0.05) is 42.7 Å². The van der Waals surface area contributed by atoms with Gasteiger partial charge in [-0.15, -0.1) is 0 Å². The lowest BCUT2D eigenvalue weighted by atomic mass is 9.78. The third-order valence-electron chi connectivity index (χ3n) is 6.42. The first kappa shape index (κ1) is 29.7. The summed E-state index contributed by atoms with van der Waals surface area (Å²) >= 11 is 7.49. The molecule has 9 nitrogen and oxygen atoms in total. The van der Waals surface area contributed by atoms with Gasteiger partial charge < -0.3 is 25.0 Å². The second-order valence-electron chi connectivity index (χ2n) is 10.6. The number of hydrogen-bond acceptors (Lipinski definition) is 9. The number of anilines is 1. The summed E-state index contributed by atoms with van der Waals surface area (Å²) < 4.78 is 10.9. The standard InChI is InChI=1S/C27H35ClN4O5S/c1-17-6-8-18(9-7-17)24(31-26(35)37-27(2,3)4)21(15-34)30-25-29-12-23(38-25)22(16-36-5)32-13-19(28)10-11-20(32)14-33/h10-13,17-18,22,24H,6-9,16H2,1-5H3,(H,29,30)(H,31,35)/t17-,18-,22?,24-/m0/s1. The van der Waals surface area contributed by atoms with E-state index in [0.717, 1.165) is 30.6 Å². The molecule has 2 N–H and O–H groups in total. The molecule has 1 aromatic rings. The van der Waals surface area contributed by atoms with E-state index in [9.17, 15) is 14.4 Å². The van der Waals surface area contributed by atoms with Crippen LogP contribution in [0.4, 0.5) is 9.93 Å². The molecule has 2 atom stereocenters. The van der Waals surface area contributed by atoms with Crippen LogP contribution < -0.4 is 10.6 Å². The molecule has 206 valence electrons. The van der Waals surface area contributed by atoms with Crippen LogP contribution in [0.25, 0.3) is 0 Å². The van der Waals surface area contributed by atoms with Gasteiger partial charge in [-0.3, -0.25) is 0 Å². The molecular weight excluding hydrogens is 528 g/mol. The first-order valence-electron chi connectivity index (χ1n) is 12.6. The van der Waals surface area contributed by atoms with Crippen molar-refractivity contribution >= 4 is 46.0 Å². The highest BCUT2D eigenvalue weighted by atomic mass is 35.5. The molecule has 0 aromatic carbocycles. The number of amides is 1. The van der Waals surface area contributed by atoms with Gasteiger partial charge in [0, 0.05) is 19.5 Å². The first-order valence-corrected chi connectivity index (χ1v) is 13.8. The summed E-state index contributed by atoms with van der Waals surface area (Å²) in [6.45, 7) is 7.83. The molecule has 2 heterocycles. The fraction of sp³-hybridized carbons (Fsp3) is 0.556. The van der Waals surface area contributed by atoms with E-state index in [1.54, 1.807) is 57.3 Å². The Kier molecular flexibility index (Phi) is 10.4. The zero-order valence-electron chi connectivity index (χ0n) is 22.4. The van der Waals surface area contributed by atoms with E-state index in [0.29, 0.717) is 21.8 Å². The molecule has 3 rings (SSSR count). The van der Waals surface area contributed by atoms with Crippen molar-refractivity contribution in [2.75, 3.05) is 19.0 Å². The number of carbonyl (C=O) groups is 1. The fourth-order valence-corrected chi connectivity index (χ4v) is 5.63. The van der Waals surface area contributed by atoms with Crippen LogP contribution in [0.5, 0.6) is 0 Å². The SMILES string of the molecule is COCC(c1cnc(NC(=C=O)[C@@H](NC(=O)OC(C)(C)C)[C@H]2CC[C@H](C)CC2)s1)N1C=C(Cl)C=CC1=C=O. The molecule has 0 saturated heterocycles. The summed E-state index contributed by atoms with van der Waals surface area (Å²) in [5, 5.41) is 6.89. The lowest BCUT2D eigenvalue weighted by Gasteiger charge is -2.34. The van der Waals surface area contributed by atoms with Crippen molar-refractivity contribution in [2.24, 2.45) is 11.8 Å². The van der Waals surface area contributed by atoms with Crippen LogP contribution in [0.3, 0.4) is 0 Å². The number of nitrogens with one attached hydrogen (secondary N) is 2. The Labute approximate surface area is 232 Å². The van der Waals surface area contributed by atoms with Crippen molar-refractivity contribution in [3.63, 3.8) is 0 Å². The highest BCUT2D eigenvalue weighted by molar-refractivity contribution is 7.15. The normalized spacial score (nSPS) is 21.1. The highest BCUT2D eigenvalue weighted by Gasteiger charge is 2.33. The molecule has 0 spiro atoms. The quantitative estimate of drug-likeness (QED) is 0.388. The monoisotopic (exact) mass is 562 g/mol. The summed E-state index contributed by atoms with van der Waals surface area (Å²) in [7, 11) is 1.56. The molecular formula is C27H35ClN4O5S. The molecule has 1 aliphatic heterocycles. The Morgan fingerprint density at radius 2 is 1.97 bits per heavy atom. The van der Waals surface area contributed by atoms with Gasteiger partial charge in [0.2, 0.25) is 0 Å². The van der Waals surface area contributed by atoms with E-state index >= 15 is 0 Å². The lowest BCUT2D eigenvalue weighted by Crippen LogP contribution is -2.46. The first-order chi connectivity index (χ1) is 18.0. The molecule has 0 bridgehead atoms. The number of hydrogen-bond donors (Lipinski definition) is 2. The number of methoxy groups -OCH3 is 1. The molecule has 1 unspecified atom stereocenters. The molecule has 2 aliphatic rings. The summed E-state index contributed by atoms with van der Waals surface area (Å²) in [5.74, 6) is 4.58. The zero-order chi connectivity index (χ0) is 27.9. The summed E-state index contributed by atoms with van der Waals surface area (Å²) in [5.41, 5.74) is -0.178. The number of rotatable bonds is 9. The number of aromatic nitrogens is 1. The average Bonchev–Trinajstić information content (AvgIpc) is 3.32. The molecule has 1 saturated carbocycles. The van der Waals surface area contributed by atoms with E-state index in [-0.39, 0.29) is 18.2 Å². The van der Waals surface area contributed by atoms with Crippen LogP contribution >= 0.6 is 22.9 Å². The predicted molar refractivity (Wildman–Crippen MR) is 148 cm³/mol. The van der Waals surface area contributed by atoms with Crippen LogP contribution in [0.15, 0.2) is 41.0 Å². The molecule has 1 aromatic heterocycles. The Bertz CT molecular complexity index is 1150. The minimum atomic E-state index is -0.676. The van der Waals surface area contributed by atoms with Gasteiger partial charge in [-0.2, -0.15) is 0 Å². The van der Waals surface area contributed by atoms with E-state index in [4.69, 9.17) is 21.1 Å². The predicted octanol–water partition coefficient (Wildman–Crippen LogP) is 5.35. The minimum Gasteiger partial charge on any atom is -0.444 e. The topological polar surface area (TPSA) is 110 Å². The Morgan fingerprint density at radius 1 is 1.26 bits per heavy atom. The number of nitrogens with zero attached hydrogens (tertiary/aromatic N) is 2. The third-order valence-corrected chi connectivity index (χ3v) is 7.66. The summed E-state index contributed by atoms with van der Waals surface area (Å²) in [6.07, 6.45) is 9.65. The van der Waals surface area contributed by atoms with Gasteiger partial charge in [-0.25, -0.2) is 19.4 Å². The van der Waals surface area contributed by atoms with Crippen LogP contribution in [-0.2, 0) is 19.1 Å². The van der Waals surface area contributed by atoms with Gasteiger partial charge in [-0.05, 0) is 57.6 Å². The van der Waals surface area contributed by atoms with Crippen LogP contribution in [0.1, 0.15) is 64.3 Å². The second-order valence-corrected chi connectivity index (χ2v) is 12.1. The Morgan fingerprint density at radius 3 is 2.58 bits per heavy atom. The van der Waals surface area contributed by atoms with Crippen molar-refractivity contribution < 1.29 is 23.9 Å². The molecule has 0 radical (unpaired) electrons. The van der Waals surface area contributed by atoms with Crippen LogP contribution in [0.2, 0.25) is 0 Å². The van der Waals surface area contributed by atoms with Gasteiger partial charge in [0.05, 0.1) is 28.6 Å². The minimum absolute atomic E-state index is 0.0519. The van der Waals surface area contributed by atoms with Crippen molar-refractivity contribution in [3.05, 3.63) is 45.9 Å². The second kappa shape index (κ2) is 13.3. The maximum absolute atomic E-state index is 12.7. The number of alkyl carbamates (subject to hydrolysis) is 1. The number of ether oxygens (including phenoxy) is 2. The Balaban J connectivity index is 1.84. The smallest absolute Gasteiger partial charge is 0.408 e. The number of thiazole rings is 1. The fourth-order valence-electron chi connectivity index (χ4n) is 4.55. The van der Waals surface area contributed by atoms with Gasteiger partial charge in [0.25, 0.3) is 0 Å². The number of carbonyl (C=O) groups excluding carboxylic acids is 3. The van der Waals surface area contributed by atoms with Crippen molar-refractivity contribution in [2.45, 2.75) is 71.1 Å². The average molecular weight is 563 g/mol. The molecule has 38 heavy (non-hydrogen) atoms. The van der Waals surface area contributed by atoms with Crippen LogP contribution in [-0.4, -0.2) is 53.2 Å². The zero-order valence-corrected chi connectivity index (χ0v) is 23.9. The number of halogens is 1. The molecule has 1 aliphatic carbocycles. The van der Waals surface area contributed by atoms with Crippen molar-refractivity contribution in [3.8, 4) is 0 Å². The molecule has 1 amide bonds. The van der Waals surface area contributed by atoms with E-state index in [1.807, 2.05) is 11.9 Å². The van der Waals surface area contributed by atoms with E-state index in [1.165, 1.54) is 11.3 Å². The van der Waals surface area contributed by atoms with Gasteiger partial charge in [0.15, 0.2) is 11.1 Å². The maximum Gasteiger partial charge on any atom is 0.408 e. The molecule has 11 heteroatoms. The molecule has 1 fully saturated rings. The largest absolute Gasteiger partial charge is 0.444 e. The highest BCUT2D eigenvalue weighted by Crippen LogP contribution is 2.36. The van der Waals surface area contributed by atoms with E-state index < -0.39 is 23.8 Å². The lowest BCUT2D eigenvalue weighted by molar-refractivity contribution is 0.0488. The summed E-state index contributed by atoms with van der Waals surface area (Å²) in [4.78, 5) is 43.3. The van der Waals surface area contributed by atoms with Crippen molar-refractivity contribution in [1.29, 1.82) is 0 Å². The van der Waals surface area contributed by atoms with Gasteiger partial charge in [0.1, 0.15) is 22.9 Å². The van der Waals surface area contributed by atoms with Crippen molar-refractivity contribution in [1.82, 2.24) is 15.2 Å². The van der Waals surface area contributed by atoms with Crippen LogP contribution in [0, 0.1) is 11.8 Å². The number of allylic oxidation sites excluding steroid dienone is 3. The maximum atomic E-state index is 12.7. The summed E-state index contributed by atoms with van der Waals surface area (Å²) in [6, 6.07) is -1.00. The van der Waals surface area contributed by atoms with E-state index in [2.05, 4.69) is 22.5 Å². The third kappa shape index (κ3) is 8.06.